The van der Waals surface area contributed by atoms with E-state index in [1.807, 2.05) is 30.3 Å². The van der Waals surface area contributed by atoms with E-state index in [2.05, 4.69) is 0 Å². The van der Waals surface area contributed by atoms with Crippen LogP contribution >= 0.6 is 7.60 Å². The van der Waals surface area contributed by atoms with Crippen LogP contribution in [-0.2, 0) is 13.6 Å². The zero-order valence-corrected chi connectivity index (χ0v) is 16.0. The lowest BCUT2D eigenvalue weighted by Gasteiger charge is -2.31. The monoisotopic (exact) mass is 348 g/mol. The normalized spacial score (nSPS) is 13.2. The Balaban J connectivity index is 2.57. The van der Waals surface area contributed by atoms with Crippen LogP contribution in [0.1, 0.15) is 51.9 Å². The molecule has 0 N–H and O–H groups in total. The van der Waals surface area contributed by atoms with Crippen molar-refractivity contribution in [1.82, 2.24) is 0 Å². The molecule has 0 saturated heterocycles. The highest BCUT2D eigenvalue weighted by molar-refractivity contribution is 7.72. The highest BCUT2D eigenvalue weighted by Crippen LogP contribution is 2.57. The first-order chi connectivity index (χ1) is 10.9. The minimum atomic E-state index is -4.02. The van der Waals surface area contributed by atoms with Gasteiger partial charge in [-0.15, -0.1) is 0 Å². The molecule has 0 saturated carbocycles. The molecule has 0 fully saturated rings. The van der Waals surface area contributed by atoms with Crippen LogP contribution in [-0.4, -0.2) is 16.7 Å². The average molecular weight is 348 g/mol. The lowest BCUT2D eigenvalue weighted by molar-refractivity contribution is 0.0448. The van der Waals surface area contributed by atoms with Gasteiger partial charge in [0.25, 0.3) is 5.52 Å². The van der Waals surface area contributed by atoms with Crippen molar-refractivity contribution < 1.29 is 18.4 Å². The Morgan fingerprint density at radius 2 is 1.33 bits per heavy atom. The summed E-state index contributed by atoms with van der Waals surface area (Å²) >= 11 is 0. The van der Waals surface area contributed by atoms with E-state index in [-0.39, 0.29) is 0 Å². The topological polar surface area (TPSA) is 52.6 Å². The molecule has 2 rings (SSSR count). The maximum absolute atomic E-state index is 13.4. The van der Waals surface area contributed by atoms with E-state index in [4.69, 9.17) is 9.05 Å². The van der Waals surface area contributed by atoms with Gasteiger partial charge < -0.3 is 0 Å². The molecular formula is C19H25O4P. The van der Waals surface area contributed by atoms with Gasteiger partial charge in [-0.3, -0.25) is 18.4 Å². The molecular weight excluding hydrogens is 323 g/mol. The van der Waals surface area contributed by atoms with Gasteiger partial charge in [0.2, 0.25) is 0 Å². The molecule has 24 heavy (non-hydrogen) atoms. The molecule has 130 valence electrons. The molecule has 0 aliphatic heterocycles. The molecule has 0 aliphatic rings. The van der Waals surface area contributed by atoms with Crippen molar-refractivity contribution in [2.45, 2.75) is 52.7 Å². The molecule has 0 heterocycles. The Kier molecular flexibility index (Phi) is 5.06. The third-order valence-electron chi connectivity index (χ3n) is 3.06. The summed E-state index contributed by atoms with van der Waals surface area (Å²) in [5, 5.41) is 1.64. The number of hydrogen-bond acceptors (Lipinski definition) is 4. The molecule has 0 unspecified atom stereocenters. The lowest BCUT2D eigenvalue weighted by Crippen LogP contribution is -2.26. The van der Waals surface area contributed by atoms with Crippen LogP contribution in [0.25, 0.3) is 10.8 Å². The second-order valence-electron chi connectivity index (χ2n) is 7.74. The Morgan fingerprint density at radius 3 is 1.88 bits per heavy atom. The third kappa shape index (κ3) is 4.54. The lowest BCUT2D eigenvalue weighted by atomic mass is 10.1. The third-order valence-corrected chi connectivity index (χ3v) is 5.37. The predicted molar refractivity (Wildman–Crippen MR) is 97.6 cm³/mol. The van der Waals surface area contributed by atoms with Gasteiger partial charge in [-0.2, -0.15) is 0 Å². The second-order valence-corrected chi connectivity index (χ2v) is 9.50. The summed E-state index contributed by atoms with van der Waals surface area (Å²) in [6.45, 7) is 10.5. The predicted octanol–water partition coefficient (Wildman–Crippen LogP) is 5.80. The maximum Gasteiger partial charge on any atom is 0.402 e. The number of carbonyl (C=O) groups excluding carboxylic acids is 1. The highest BCUT2D eigenvalue weighted by atomic mass is 31.2. The van der Waals surface area contributed by atoms with Gasteiger partial charge in [0, 0.05) is 5.56 Å². The molecule has 0 radical (unpaired) electrons. The number of benzene rings is 2. The molecule has 2 aromatic rings. The first-order valence-corrected chi connectivity index (χ1v) is 9.50. The first kappa shape index (κ1) is 18.9. The van der Waals surface area contributed by atoms with Crippen molar-refractivity contribution >= 4 is 23.9 Å². The van der Waals surface area contributed by atoms with Crippen LogP contribution < -0.4 is 0 Å². The van der Waals surface area contributed by atoms with Crippen molar-refractivity contribution in [3.63, 3.8) is 0 Å². The van der Waals surface area contributed by atoms with Crippen molar-refractivity contribution in [2.24, 2.45) is 0 Å². The van der Waals surface area contributed by atoms with Crippen molar-refractivity contribution in [2.75, 3.05) is 0 Å². The van der Waals surface area contributed by atoms with Gasteiger partial charge in [-0.1, -0.05) is 42.5 Å². The standard InChI is InChI=1S/C19H25O4P/c1-18(2,3)22-24(21,23-19(4,5)6)17(20)16-13-9-11-14-10-7-8-12-15(14)16/h7-13H,1-6H3. The van der Waals surface area contributed by atoms with Crippen molar-refractivity contribution in [3.8, 4) is 0 Å². The zero-order chi connectivity index (χ0) is 18.2. The number of rotatable bonds is 4. The first-order valence-electron chi connectivity index (χ1n) is 7.96. The minimum Gasteiger partial charge on any atom is -0.297 e. The quantitative estimate of drug-likeness (QED) is 0.655. The molecule has 0 aliphatic carbocycles. The van der Waals surface area contributed by atoms with E-state index in [0.717, 1.165) is 10.8 Å². The average Bonchev–Trinajstić information content (AvgIpc) is 2.41. The Labute approximate surface area is 143 Å². The minimum absolute atomic E-state index is 0.352. The number of fused-ring (bicyclic) bond motifs is 1. The fraction of sp³-hybridized carbons (Fsp3) is 0.421. The van der Waals surface area contributed by atoms with Gasteiger partial charge in [-0.05, 0) is 52.3 Å². The summed E-state index contributed by atoms with van der Waals surface area (Å²) in [5.41, 5.74) is -1.81. The van der Waals surface area contributed by atoms with Gasteiger partial charge in [0.05, 0.1) is 11.2 Å². The van der Waals surface area contributed by atoms with E-state index in [9.17, 15) is 9.36 Å². The van der Waals surface area contributed by atoms with E-state index >= 15 is 0 Å². The second kappa shape index (κ2) is 6.44. The zero-order valence-electron chi connectivity index (χ0n) is 15.1. The molecule has 0 bridgehead atoms. The van der Waals surface area contributed by atoms with Gasteiger partial charge >= 0.3 is 7.60 Å². The fourth-order valence-corrected chi connectivity index (χ4v) is 4.52. The summed E-state index contributed by atoms with van der Waals surface area (Å²) < 4.78 is 24.7. The van der Waals surface area contributed by atoms with Crippen LogP contribution in [0.3, 0.4) is 0 Å². The van der Waals surface area contributed by atoms with E-state index < -0.39 is 24.3 Å². The largest absolute Gasteiger partial charge is 0.402 e. The van der Waals surface area contributed by atoms with Crippen molar-refractivity contribution in [1.29, 1.82) is 0 Å². The Bertz CT molecular complexity index is 772. The van der Waals surface area contributed by atoms with Crippen LogP contribution in [0, 0.1) is 0 Å². The smallest absolute Gasteiger partial charge is 0.297 e. The van der Waals surface area contributed by atoms with Crippen LogP contribution in [0.4, 0.5) is 0 Å². The van der Waals surface area contributed by atoms with E-state index in [1.54, 1.807) is 53.7 Å². The summed E-state index contributed by atoms with van der Waals surface area (Å²) in [5.74, 6) is 0. The summed E-state index contributed by atoms with van der Waals surface area (Å²) in [4.78, 5) is 13.1. The van der Waals surface area contributed by atoms with Crippen LogP contribution in [0.5, 0.6) is 0 Å². The molecule has 4 nitrogen and oxygen atoms in total. The molecule has 0 aromatic heterocycles. The summed E-state index contributed by atoms with van der Waals surface area (Å²) in [6, 6.07) is 12.8. The fourth-order valence-electron chi connectivity index (χ4n) is 2.38. The SMILES string of the molecule is CC(C)(C)OP(=O)(OC(C)(C)C)C(=O)c1cccc2ccccc12. The molecule has 2 aromatic carbocycles. The molecule has 5 heteroatoms. The van der Waals surface area contributed by atoms with Gasteiger partial charge in [0.1, 0.15) is 0 Å². The van der Waals surface area contributed by atoms with Crippen LogP contribution in [0.2, 0.25) is 0 Å². The molecule has 0 atom stereocenters. The van der Waals surface area contributed by atoms with Crippen molar-refractivity contribution in [3.05, 3.63) is 48.0 Å². The van der Waals surface area contributed by atoms with Gasteiger partial charge in [-0.25, -0.2) is 0 Å². The maximum atomic E-state index is 13.4. The summed E-state index contributed by atoms with van der Waals surface area (Å²) in [6.07, 6.45) is 0. The Morgan fingerprint density at radius 1 is 0.833 bits per heavy atom. The molecule has 0 amide bonds. The highest BCUT2D eigenvalue weighted by Gasteiger charge is 2.43. The Hall–Kier alpha value is -1.48. The molecule has 0 spiro atoms. The summed E-state index contributed by atoms with van der Waals surface area (Å²) in [7, 11) is -4.02. The number of carbonyl (C=O) groups is 1. The van der Waals surface area contributed by atoms with E-state index in [0.29, 0.717) is 5.56 Å². The van der Waals surface area contributed by atoms with Crippen LogP contribution in [0.15, 0.2) is 42.5 Å². The number of hydrogen-bond donors (Lipinski definition) is 0. The van der Waals surface area contributed by atoms with Gasteiger partial charge in [0.15, 0.2) is 0 Å². The van der Waals surface area contributed by atoms with E-state index in [1.165, 1.54) is 0 Å².